The summed E-state index contributed by atoms with van der Waals surface area (Å²) in [7, 11) is -3.22. The van der Waals surface area contributed by atoms with Crippen LogP contribution in [-0.4, -0.2) is 48.9 Å². The molecule has 8 heteroatoms. The van der Waals surface area contributed by atoms with Crippen molar-refractivity contribution in [3.05, 3.63) is 11.8 Å². The summed E-state index contributed by atoms with van der Waals surface area (Å²) in [5.41, 5.74) is 0.218. The van der Waals surface area contributed by atoms with Gasteiger partial charge < -0.3 is 9.15 Å². The molecule has 112 valence electrons. The molecule has 2 unspecified atom stereocenters. The van der Waals surface area contributed by atoms with Crippen molar-refractivity contribution in [1.29, 1.82) is 0 Å². The maximum Gasteiger partial charge on any atom is 0.246 e. The van der Waals surface area contributed by atoms with E-state index in [1.54, 1.807) is 0 Å². The first-order valence-corrected chi connectivity index (χ1v) is 8.52. The maximum atomic E-state index is 11.6. The summed E-state index contributed by atoms with van der Waals surface area (Å²) in [6.45, 7) is 5.25. The number of rotatable bonds is 3. The molecule has 0 aromatic carbocycles. The zero-order chi connectivity index (χ0) is 14.5. The second-order valence-electron chi connectivity index (χ2n) is 6.20. The molecule has 1 aromatic rings. The third-order valence-corrected chi connectivity index (χ3v) is 5.31. The Balaban J connectivity index is 1.73. The zero-order valence-electron chi connectivity index (χ0n) is 11.9. The molecule has 0 bridgehead atoms. The topological polar surface area (TPSA) is 85.5 Å². The molecule has 0 radical (unpaired) electrons. The van der Waals surface area contributed by atoms with Gasteiger partial charge in [-0.2, -0.15) is 4.31 Å². The molecule has 7 nitrogen and oxygen atoms in total. The zero-order valence-corrected chi connectivity index (χ0v) is 12.7. The summed E-state index contributed by atoms with van der Waals surface area (Å²) in [4.78, 5) is 0. The van der Waals surface area contributed by atoms with Crippen LogP contribution in [0.25, 0.3) is 0 Å². The van der Waals surface area contributed by atoms with E-state index in [-0.39, 0.29) is 12.0 Å². The van der Waals surface area contributed by atoms with Crippen LogP contribution in [0, 0.1) is 5.41 Å². The van der Waals surface area contributed by atoms with Crippen LogP contribution in [0.2, 0.25) is 0 Å². The minimum Gasteiger partial charge on any atom is -0.422 e. The van der Waals surface area contributed by atoms with Gasteiger partial charge >= 0.3 is 0 Å². The molecule has 3 rings (SSSR count). The largest absolute Gasteiger partial charge is 0.422 e. The molecule has 2 fully saturated rings. The maximum absolute atomic E-state index is 11.6. The molecule has 1 aliphatic heterocycles. The van der Waals surface area contributed by atoms with Crippen LogP contribution in [0.4, 0.5) is 0 Å². The van der Waals surface area contributed by atoms with Crippen molar-refractivity contribution in [1.82, 2.24) is 14.5 Å². The highest BCUT2D eigenvalue weighted by Gasteiger charge is 2.50. The van der Waals surface area contributed by atoms with Gasteiger partial charge in [0.05, 0.1) is 12.9 Å². The highest BCUT2D eigenvalue weighted by atomic mass is 32.2. The molecule has 0 spiro atoms. The number of nitrogens with zero attached hydrogens (tertiary/aromatic N) is 3. The molecule has 20 heavy (non-hydrogen) atoms. The SMILES string of the molecule is CC1(C)CC1c1nnc(C2CN(S(C)(=O)=O)CCO2)o1. The van der Waals surface area contributed by atoms with Gasteiger partial charge in [0.15, 0.2) is 0 Å². The van der Waals surface area contributed by atoms with Gasteiger partial charge in [-0.1, -0.05) is 13.8 Å². The second-order valence-corrected chi connectivity index (χ2v) is 8.19. The molecule has 1 aromatic heterocycles. The van der Waals surface area contributed by atoms with Crippen molar-refractivity contribution in [3.63, 3.8) is 0 Å². The fourth-order valence-electron chi connectivity index (χ4n) is 2.48. The van der Waals surface area contributed by atoms with E-state index < -0.39 is 16.1 Å². The predicted molar refractivity (Wildman–Crippen MR) is 70.5 cm³/mol. The molecule has 1 saturated heterocycles. The number of ether oxygens (including phenoxy) is 1. The van der Waals surface area contributed by atoms with E-state index in [1.165, 1.54) is 10.6 Å². The van der Waals surface area contributed by atoms with E-state index in [4.69, 9.17) is 9.15 Å². The Hall–Kier alpha value is -0.990. The predicted octanol–water partition coefficient (Wildman–Crippen LogP) is 0.916. The Labute approximate surface area is 118 Å². The fraction of sp³-hybridized carbons (Fsp3) is 0.833. The van der Waals surface area contributed by atoms with E-state index in [0.29, 0.717) is 30.9 Å². The van der Waals surface area contributed by atoms with Gasteiger partial charge in [0, 0.05) is 19.0 Å². The Morgan fingerprint density at radius 1 is 1.30 bits per heavy atom. The minimum absolute atomic E-state index is 0.218. The monoisotopic (exact) mass is 301 g/mol. The highest BCUT2D eigenvalue weighted by Crippen LogP contribution is 2.58. The van der Waals surface area contributed by atoms with E-state index in [0.717, 1.165) is 6.42 Å². The van der Waals surface area contributed by atoms with E-state index in [2.05, 4.69) is 24.0 Å². The van der Waals surface area contributed by atoms with E-state index >= 15 is 0 Å². The standard InChI is InChI=1S/C12H19N3O4S/c1-12(2)6-8(12)10-13-14-11(19-10)9-7-15(4-5-18-9)20(3,16)17/h8-9H,4-7H2,1-3H3. The fourth-order valence-corrected chi connectivity index (χ4v) is 3.29. The van der Waals surface area contributed by atoms with E-state index in [9.17, 15) is 8.42 Å². The van der Waals surface area contributed by atoms with Gasteiger partial charge in [0.1, 0.15) is 6.10 Å². The number of aromatic nitrogens is 2. The smallest absolute Gasteiger partial charge is 0.246 e. The lowest BCUT2D eigenvalue weighted by molar-refractivity contribution is -0.0176. The van der Waals surface area contributed by atoms with Crippen LogP contribution in [-0.2, 0) is 14.8 Å². The molecule has 0 amide bonds. The lowest BCUT2D eigenvalue weighted by Crippen LogP contribution is -2.41. The number of hydrogen-bond donors (Lipinski definition) is 0. The first kappa shape index (κ1) is 14.0. The van der Waals surface area contributed by atoms with Crippen molar-refractivity contribution < 1.29 is 17.6 Å². The number of morpholine rings is 1. The van der Waals surface area contributed by atoms with Gasteiger partial charge in [0.2, 0.25) is 21.8 Å². The third-order valence-electron chi connectivity index (χ3n) is 4.04. The minimum atomic E-state index is -3.22. The van der Waals surface area contributed by atoms with Gasteiger partial charge in [-0.15, -0.1) is 10.2 Å². The molecular formula is C12H19N3O4S. The van der Waals surface area contributed by atoms with Crippen molar-refractivity contribution >= 4 is 10.0 Å². The van der Waals surface area contributed by atoms with Crippen molar-refractivity contribution in [3.8, 4) is 0 Å². The van der Waals surface area contributed by atoms with Crippen LogP contribution in [0.5, 0.6) is 0 Å². The molecule has 2 atom stereocenters. The van der Waals surface area contributed by atoms with Crippen LogP contribution in [0.15, 0.2) is 4.42 Å². The lowest BCUT2D eigenvalue weighted by atomic mass is 10.1. The Bertz CT molecular complexity index is 610. The number of hydrogen-bond acceptors (Lipinski definition) is 6. The van der Waals surface area contributed by atoms with Crippen molar-refractivity contribution in [2.75, 3.05) is 26.0 Å². The number of sulfonamides is 1. The quantitative estimate of drug-likeness (QED) is 0.825. The van der Waals surface area contributed by atoms with Gasteiger partial charge in [0.25, 0.3) is 0 Å². The summed E-state index contributed by atoms with van der Waals surface area (Å²) in [5.74, 6) is 1.31. The summed E-state index contributed by atoms with van der Waals surface area (Å²) in [6.07, 6.45) is 1.76. The Morgan fingerprint density at radius 3 is 2.55 bits per heavy atom. The van der Waals surface area contributed by atoms with Crippen LogP contribution < -0.4 is 0 Å². The Morgan fingerprint density at radius 2 is 1.95 bits per heavy atom. The Kier molecular flexibility index (Phi) is 3.15. The molecule has 1 saturated carbocycles. The van der Waals surface area contributed by atoms with Crippen LogP contribution in [0.3, 0.4) is 0 Å². The first-order valence-electron chi connectivity index (χ1n) is 6.67. The average molecular weight is 301 g/mol. The van der Waals surface area contributed by atoms with Crippen molar-refractivity contribution in [2.24, 2.45) is 5.41 Å². The summed E-state index contributed by atoms with van der Waals surface area (Å²) in [5, 5.41) is 8.09. The first-order chi connectivity index (χ1) is 9.27. The molecule has 0 N–H and O–H groups in total. The average Bonchev–Trinajstić information content (AvgIpc) is 2.81. The normalized spacial score (nSPS) is 30.4. The molecule has 1 aliphatic carbocycles. The highest BCUT2D eigenvalue weighted by molar-refractivity contribution is 7.88. The molecule has 2 heterocycles. The van der Waals surface area contributed by atoms with Gasteiger partial charge in [-0.3, -0.25) is 0 Å². The summed E-state index contributed by atoms with van der Waals surface area (Å²) >= 11 is 0. The molecular weight excluding hydrogens is 282 g/mol. The van der Waals surface area contributed by atoms with Gasteiger partial charge in [-0.25, -0.2) is 8.42 Å². The lowest BCUT2D eigenvalue weighted by Gasteiger charge is -2.29. The van der Waals surface area contributed by atoms with Crippen LogP contribution in [0.1, 0.15) is 44.1 Å². The second kappa shape index (κ2) is 4.51. The summed E-state index contributed by atoms with van der Waals surface area (Å²) < 4.78 is 35.8. The molecule has 2 aliphatic rings. The van der Waals surface area contributed by atoms with Crippen LogP contribution >= 0.6 is 0 Å². The third kappa shape index (κ3) is 2.59. The summed E-state index contributed by atoms with van der Waals surface area (Å²) in [6, 6.07) is 0. The van der Waals surface area contributed by atoms with Gasteiger partial charge in [-0.05, 0) is 11.8 Å². The van der Waals surface area contributed by atoms with Crippen molar-refractivity contribution in [2.45, 2.75) is 32.3 Å². The van der Waals surface area contributed by atoms with E-state index in [1.807, 2.05) is 0 Å².